The van der Waals surface area contributed by atoms with Gasteiger partial charge >= 0.3 is 0 Å². The minimum absolute atomic E-state index is 0.115. The van der Waals surface area contributed by atoms with Crippen molar-refractivity contribution in [2.45, 2.75) is 19.3 Å². The highest BCUT2D eigenvalue weighted by Crippen LogP contribution is 2.33. The molecule has 1 atom stereocenters. The number of carbonyl (C=O) groups is 1. The summed E-state index contributed by atoms with van der Waals surface area (Å²) in [5.74, 6) is 1.02. The summed E-state index contributed by atoms with van der Waals surface area (Å²) in [6.07, 6.45) is 4.88. The number of ether oxygens (including phenoxy) is 1. The van der Waals surface area contributed by atoms with Crippen LogP contribution in [0.2, 0.25) is 10.0 Å². The Labute approximate surface area is 159 Å². The molecule has 1 unspecified atom stereocenters. The Kier molecular flexibility index (Phi) is 11.3. The van der Waals surface area contributed by atoms with E-state index in [0.29, 0.717) is 47.8 Å². The number of hydrogen-bond donors (Lipinski definition) is 3. The summed E-state index contributed by atoms with van der Waals surface area (Å²) in [4.78, 5) is 10.5. The van der Waals surface area contributed by atoms with Gasteiger partial charge in [0.15, 0.2) is 0 Å². The van der Waals surface area contributed by atoms with Gasteiger partial charge in [0.2, 0.25) is 6.41 Å². The first-order valence-electron chi connectivity index (χ1n) is 8.32. The number of aliphatic hydroxyl groups excluding tert-OH is 1. The molecule has 140 valence electrons. The molecule has 0 heterocycles. The molecule has 0 aliphatic heterocycles. The van der Waals surface area contributed by atoms with Crippen LogP contribution < -0.4 is 15.4 Å². The molecular weight excluding hydrogens is 363 g/mol. The summed E-state index contributed by atoms with van der Waals surface area (Å²) in [5.41, 5.74) is 0.981. The molecule has 0 aromatic heterocycles. The van der Waals surface area contributed by atoms with E-state index in [1.54, 1.807) is 12.1 Å². The van der Waals surface area contributed by atoms with Gasteiger partial charge in [-0.1, -0.05) is 35.9 Å². The minimum atomic E-state index is 0.115. The summed E-state index contributed by atoms with van der Waals surface area (Å²) in [6.45, 7) is 6.13. The second-order valence-electron chi connectivity index (χ2n) is 5.67. The molecule has 3 N–H and O–H groups in total. The van der Waals surface area contributed by atoms with Crippen molar-refractivity contribution < 1.29 is 14.6 Å². The predicted octanol–water partition coefficient (Wildman–Crippen LogP) is 2.83. The van der Waals surface area contributed by atoms with E-state index in [0.717, 1.165) is 31.4 Å². The SMILES string of the molecule is C=CCOc1cc(Cl)c(Cl)cc1CC(CCNC=O)CCNCCO. The molecule has 7 heteroatoms. The molecule has 0 aliphatic carbocycles. The number of amides is 1. The summed E-state index contributed by atoms with van der Waals surface area (Å²) in [7, 11) is 0. The van der Waals surface area contributed by atoms with Crippen LogP contribution in [0.15, 0.2) is 24.8 Å². The van der Waals surface area contributed by atoms with Gasteiger partial charge in [0.25, 0.3) is 0 Å². The zero-order valence-corrected chi connectivity index (χ0v) is 15.8. The topological polar surface area (TPSA) is 70.6 Å². The maximum absolute atomic E-state index is 10.5. The fourth-order valence-corrected chi connectivity index (χ4v) is 2.87. The van der Waals surface area contributed by atoms with Crippen molar-refractivity contribution in [2.24, 2.45) is 5.92 Å². The number of aliphatic hydroxyl groups is 1. The Morgan fingerprint density at radius 2 is 1.92 bits per heavy atom. The lowest BCUT2D eigenvalue weighted by Gasteiger charge is -2.20. The van der Waals surface area contributed by atoms with Crippen LogP contribution in [0, 0.1) is 5.92 Å². The molecule has 0 spiro atoms. The van der Waals surface area contributed by atoms with Crippen molar-refractivity contribution in [3.8, 4) is 5.75 Å². The number of halogens is 2. The molecular formula is C18H26Cl2N2O3. The predicted molar refractivity (Wildman–Crippen MR) is 103 cm³/mol. The van der Waals surface area contributed by atoms with Gasteiger partial charge in [0.1, 0.15) is 12.4 Å². The molecule has 1 aromatic rings. The Balaban J connectivity index is 2.82. The highest BCUT2D eigenvalue weighted by molar-refractivity contribution is 6.42. The fourth-order valence-electron chi connectivity index (χ4n) is 2.53. The molecule has 1 rings (SSSR count). The summed E-state index contributed by atoms with van der Waals surface area (Å²) >= 11 is 12.3. The van der Waals surface area contributed by atoms with Crippen LogP contribution in [-0.2, 0) is 11.2 Å². The largest absolute Gasteiger partial charge is 0.489 e. The molecule has 0 bridgehead atoms. The first-order valence-corrected chi connectivity index (χ1v) is 9.08. The van der Waals surface area contributed by atoms with Crippen molar-refractivity contribution in [2.75, 3.05) is 32.8 Å². The normalized spacial score (nSPS) is 11.8. The Bertz CT molecular complexity index is 541. The van der Waals surface area contributed by atoms with E-state index in [1.165, 1.54) is 0 Å². The highest BCUT2D eigenvalue weighted by atomic mass is 35.5. The van der Waals surface area contributed by atoms with Crippen LogP contribution in [0.25, 0.3) is 0 Å². The van der Waals surface area contributed by atoms with Crippen molar-refractivity contribution >= 4 is 29.6 Å². The van der Waals surface area contributed by atoms with Crippen molar-refractivity contribution in [1.82, 2.24) is 10.6 Å². The van der Waals surface area contributed by atoms with Gasteiger partial charge in [-0.05, 0) is 43.4 Å². The third-order valence-corrected chi connectivity index (χ3v) is 4.49. The molecule has 0 fully saturated rings. The van der Waals surface area contributed by atoms with Gasteiger partial charge in [-0.15, -0.1) is 0 Å². The van der Waals surface area contributed by atoms with Crippen LogP contribution >= 0.6 is 23.2 Å². The Morgan fingerprint density at radius 1 is 1.20 bits per heavy atom. The second kappa shape index (κ2) is 13.0. The Hall–Kier alpha value is -1.27. The lowest BCUT2D eigenvalue weighted by atomic mass is 9.92. The molecule has 0 saturated heterocycles. The molecule has 0 saturated carbocycles. The number of carbonyl (C=O) groups excluding carboxylic acids is 1. The lowest BCUT2D eigenvalue weighted by Crippen LogP contribution is -2.24. The quantitative estimate of drug-likeness (QED) is 0.260. The van der Waals surface area contributed by atoms with Gasteiger partial charge in [0, 0.05) is 19.2 Å². The highest BCUT2D eigenvalue weighted by Gasteiger charge is 2.15. The van der Waals surface area contributed by atoms with E-state index in [2.05, 4.69) is 17.2 Å². The first-order chi connectivity index (χ1) is 12.1. The fraction of sp³-hybridized carbons (Fsp3) is 0.500. The number of nitrogens with one attached hydrogen (secondary N) is 2. The summed E-state index contributed by atoms with van der Waals surface area (Å²) < 4.78 is 5.71. The van der Waals surface area contributed by atoms with Crippen LogP contribution in [0.4, 0.5) is 0 Å². The Morgan fingerprint density at radius 3 is 2.60 bits per heavy atom. The summed E-state index contributed by atoms with van der Waals surface area (Å²) in [5, 5.41) is 15.7. The average molecular weight is 389 g/mol. The van der Waals surface area contributed by atoms with Gasteiger partial charge < -0.3 is 20.5 Å². The third kappa shape index (κ3) is 8.59. The number of rotatable bonds is 14. The lowest BCUT2D eigenvalue weighted by molar-refractivity contribution is -0.109. The maximum atomic E-state index is 10.5. The van der Waals surface area contributed by atoms with Crippen molar-refractivity contribution in [3.63, 3.8) is 0 Å². The molecule has 1 amide bonds. The zero-order valence-electron chi connectivity index (χ0n) is 14.3. The smallest absolute Gasteiger partial charge is 0.207 e. The van der Waals surface area contributed by atoms with E-state index in [1.807, 2.05) is 6.07 Å². The van der Waals surface area contributed by atoms with Crippen LogP contribution in [-0.4, -0.2) is 44.4 Å². The second-order valence-corrected chi connectivity index (χ2v) is 6.48. The van der Waals surface area contributed by atoms with E-state index in [9.17, 15) is 4.79 Å². The van der Waals surface area contributed by atoms with Gasteiger partial charge in [0.05, 0.1) is 16.7 Å². The average Bonchev–Trinajstić information content (AvgIpc) is 2.60. The maximum Gasteiger partial charge on any atom is 0.207 e. The zero-order chi connectivity index (χ0) is 18.5. The molecule has 0 aliphatic rings. The van der Waals surface area contributed by atoms with Crippen LogP contribution in [0.5, 0.6) is 5.75 Å². The van der Waals surface area contributed by atoms with E-state index in [-0.39, 0.29) is 6.61 Å². The molecule has 5 nitrogen and oxygen atoms in total. The standard InChI is InChI=1S/C18H26Cl2N2O3/c1-2-9-25-18-12-17(20)16(19)11-15(18)10-14(4-6-22-13-24)3-5-21-7-8-23/h2,11-14,21,23H,1,3-10H2,(H,22,24). The van der Waals surface area contributed by atoms with Crippen LogP contribution in [0.1, 0.15) is 18.4 Å². The molecule has 25 heavy (non-hydrogen) atoms. The monoisotopic (exact) mass is 388 g/mol. The van der Waals surface area contributed by atoms with E-state index >= 15 is 0 Å². The van der Waals surface area contributed by atoms with E-state index in [4.69, 9.17) is 33.0 Å². The van der Waals surface area contributed by atoms with Gasteiger partial charge in [-0.25, -0.2) is 0 Å². The van der Waals surface area contributed by atoms with Crippen molar-refractivity contribution in [1.29, 1.82) is 0 Å². The third-order valence-electron chi connectivity index (χ3n) is 3.77. The van der Waals surface area contributed by atoms with Crippen LogP contribution in [0.3, 0.4) is 0 Å². The van der Waals surface area contributed by atoms with Crippen molar-refractivity contribution in [3.05, 3.63) is 40.4 Å². The van der Waals surface area contributed by atoms with Gasteiger partial charge in [-0.3, -0.25) is 4.79 Å². The molecule has 0 radical (unpaired) electrons. The van der Waals surface area contributed by atoms with E-state index < -0.39 is 0 Å². The first kappa shape index (κ1) is 21.8. The molecule has 1 aromatic carbocycles. The van der Waals surface area contributed by atoms with Gasteiger partial charge in [-0.2, -0.15) is 0 Å². The number of benzene rings is 1. The minimum Gasteiger partial charge on any atom is -0.489 e. The number of hydrogen-bond acceptors (Lipinski definition) is 4. The summed E-state index contributed by atoms with van der Waals surface area (Å²) in [6, 6.07) is 3.57.